The number of amides is 2. The van der Waals surface area contributed by atoms with E-state index >= 15 is 0 Å². The highest BCUT2D eigenvalue weighted by Crippen LogP contribution is 2.28. The number of nitrogens with zero attached hydrogens (tertiary/aromatic N) is 3. The number of fused-ring (bicyclic) bond motifs is 1. The van der Waals surface area contributed by atoms with Crippen molar-refractivity contribution < 1.29 is 14.1 Å². The van der Waals surface area contributed by atoms with E-state index in [0.717, 1.165) is 17.0 Å². The van der Waals surface area contributed by atoms with Gasteiger partial charge >= 0.3 is 0 Å². The molecule has 116 valence electrons. The monoisotopic (exact) mass is 320 g/mol. The Kier molecular flexibility index (Phi) is 3.93. The molecule has 0 aliphatic carbocycles. The van der Waals surface area contributed by atoms with E-state index in [4.69, 9.17) is 4.52 Å². The molecule has 0 spiro atoms. The highest BCUT2D eigenvalue weighted by Gasteiger charge is 2.24. The first-order valence-corrected chi connectivity index (χ1v) is 7.89. The smallest absolute Gasteiger partial charge is 0.279 e. The predicted molar refractivity (Wildman–Crippen MR) is 80.7 cm³/mol. The van der Waals surface area contributed by atoms with Crippen LogP contribution in [-0.4, -0.2) is 33.4 Å². The molecule has 2 aromatic rings. The van der Waals surface area contributed by atoms with E-state index in [1.807, 2.05) is 11.8 Å². The topological polar surface area (TPSA) is 88.3 Å². The predicted octanol–water partition coefficient (Wildman–Crippen LogP) is 1.99. The van der Waals surface area contributed by atoms with Gasteiger partial charge in [0.2, 0.25) is 5.91 Å². The highest BCUT2D eigenvalue weighted by atomic mass is 32.1. The van der Waals surface area contributed by atoms with Crippen molar-refractivity contribution in [3.63, 3.8) is 0 Å². The quantitative estimate of drug-likeness (QED) is 0.934. The van der Waals surface area contributed by atoms with Crippen molar-refractivity contribution in [1.29, 1.82) is 0 Å². The molecule has 1 aliphatic heterocycles. The fourth-order valence-corrected chi connectivity index (χ4v) is 3.34. The summed E-state index contributed by atoms with van der Waals surface area (Å²) >= 11 is 1.40. The van der Waals surface area contributed by atoms with E-state index in [1.54, 1.807) is 13.0 Å². The maximum atomic E-state index is 12.0. The van der Waals surface area contributed by atoms with Gasteiger partial charge in [-0.3, -0.25) is 14.9 Å². The molecule has 22 heavy (non-hydrogen) atoms. The average Bonchev–Trinajstić information content (AvgIpc) is 3.11. The Balaban J connectivity index is 1.71. The number of hydrogen-bond acceptors (Lipinski definition) is 6. The molecule has 3 heterocycles. The maximum absolute atomic E-state index is 12.0. The molecule has 0 atom stereocenters. The number of hydrogen-bond donors (Lipinski definition) is 1. The van der Waals surface area contributed by atoms with E-state index in [-0.39, 0.29) is 17.5 Å². The molecule has 2 amide bonds. The van der Waals surface area contributed by atoms with Gasteiger partial charge in [0.05, 0.1) is 12.2 Å². The van der Waals surface area contributed by atoms with Crippen LogP contribution in [0.5, 0.6) is 0 Å². The highest BCUT2D eigenvalue weighted by molar-refractivity contribution is 7.15. The molecule has 0 fully saturated rings. The Morgan fingerprint density at radius 3 is 3.00 bits per heavy atom. The van der Waals surface area contributed by atoms with Gasteiger partial charge in [0.25, 0.3) is 5.91 Å². The van der Waals surface area contributed by atoms with Crippen LogP contribution in [0.3, 0.4) is 0 Å². The molecule has 0 aromatic carbocycles. The second-order valence-electron chi connectivity index (χ2n) is 5.08. The lowest BCUT2D eigenvalue weighted by atomic mass is 10.1. The summed E-state index contributed by atoms with van der Waals surface area (Å²) in [6.45, 7) is 4.83. The minimum atomic E-state index is -0.343. The summed E-state index contributed by atoms with van der Waals surface area (Å²) in [7, 11) is 0. The zero-order valence-corrected chi connectivity index (χ0v) is 13.2. The van der Waals surface area contributed by atoms with Crippen LogP contribution in [0, 0.1) is 6.92 Å². The van der Waals surface area contributed by atoms with Crippen LogP contribution in [0.4, 0.5) is 5.13 Å². The summed E-state index contributed by atoms with van der Waals surface area (Å²) in [6, 6.07) is 1.57. The molecule has 2 aromatic heterocycles. The Morgan fingerprint density at radius 1 is 1.50 bits per heavy atom. The summed E-state index contributed by atoms with van der Waals surface area (Å²) in [5, 5.41) is 6.94. The minimum Gasteiger partial charge on any atom is -0.361 e. The largest absolute Gasteiger partial charge is 0.361 e. The lowest BCUT2D eigenvalue weighted by molar-refractivity contribution is -0.131. The Bertz CT molecular complexity index is 721. The van der Waals surface area contributed by atoms with Crippen molar-refractivity contribution >= 4 is 28.3 Å². The van der Waals surface area contributed by atoms with Crippen LogP contribution in [0.25, 0.3) is 0 Å². The van der Waals surface area contributed by atoms with Gasteiger partial charge in [-0.1, -0.05) is 23.4 Å². The number of nitrogens with one attached hydrogen (secondary N) is 1. The van der Waals surface area contributed by atoms with Gasteiger partial charge in [0, 0.05) is 30.3 Å². The van der Waals surface area contributed by atoms with E-state index < -0.39 is 0 Å². The van der Waals surface area contributed by atoms with Crippen molar-refractivity contribution in [2.75, 3.05) is 11.9 Å². The third-order valence-corrected chi connectivity index (χ3v) is 4.47. The molecule has 0 radical (unpaired) electrons. The maximum Gasteiger partial charge on any atom is 0.279 e. The summed E-state index contributed by atoms with van der Waals surface area (Å²) in [5.41, 5.74) is 1.19. The lowest BCUT2D eigenvalue weighted by Crippen LogP contribution is -2.34. The van der Waals surface area contributed by atoms with Crippen molar-refractivity contribution in [1.82, 2.24) is 15.0 Å². The van der Waals surface area contributed by atoms with Gasteiger partial charge in [-0.2, -0.15) is 0 Å². The number of rotatable bonds is 3. The number of carbonyl (C=O) groups excluding carboxylic acids is 2. The number of anilines is 1. The first-order chi connectivity index (χ1) is 10.6. The number of thiazole rings is 1. The summed E-state index contributed by atoms with van der Waals surface area (Å²) < 4.78 is 4.89. The minimum absolute atomic E-state index is 0.141. The molecule has 0 unspecified atom stereocenters. The van der Waals surface area contributed by atoms with Crippen LogP contribution >= 0.6 is 11.3 Å². The molecule has 0 bridgehead atoms. The van der Waals surface area contributed by atoms with Gasteiger partial charge in [-0.15, -0.1) is 0 Å². The Morgan fingerprint density at radius 2 is 2.32 bits per heavy atom. The van der Waals surface area contributed by atoms with Gasteiger partial charge in [-0.25, -0.2) is 4.98 Å². The van der Waals surface area contributed by atoms with Gasteiger partial charge in [-0.05, 0) is 6.92 Å². The van der Waals surface area contributed by atoms with Crippen molar-refractivity contribution in [3.8, 4) is 0 Å². The van der Waals surface area contributed by atoms with Crippen molar-refractivity contribution in [3.05, 3.63) is 28.1 Å². The van der Waals surface area contributed by atoms with Gasteiger partial charge in [0.1, 0.15) is 5.76 Å². The summed E-state index contributed by atoms with van der Waals surface area (Å²) in [4.78, 5) is 31.1. The van der Waals surface area contributed by atoms with Crippen molar-refractivity contribution in [2.24, 2.45) is 0 Å². The third-order valence-electron chi connectivity index (χ3n) is 3.47. The molecule has 0 saturated carbocycles. The second-order valence-corrected chi connectivity index (χ2v) is 6.17. The molecular weight excluding hydrogens is 304 g/mol. The standard InChI is InChI=1S/C14H16N4O3S/c1-3-12(19)18-5-4-9-11(7-18)22-14(15-9)16-13(20)10-6-8(2)21-17-10/h6H,3-5,7H2,1-2H3,(H,15,16,20). The van der Waals surface area contributed by atoms with E-state index in [9.17, 15) is 9.59 Å². The summed E-state index contributed by atoms with van der Waals surface area (Å²) in [6.07, 6.45) is 1.22. The van der Waals surface area contributed by atoms with Gasteiger partial charge in [0.15, 0.2) is 10.8 Å². The number of carbonyl (C=O) groups is 2. The lowest BCUT2D eigenvalue weighted by Gasteiger charge is -2.25. The van der Waals surface area contributed by atoms with Crippen molar-refractivity contribution in [2.45, 2.75) is 33.2 Å². The van der Waals surface area contributed by atoms with E-state index in [1.165, 1.54) is 11.3 Å². The van der Waals surface area contributed by atoms with Crippen LogP contribution in [0.2, 0.25) is 0 Å². The molecule has 0 saturated heterocycles. The zero-order chi connectivity index (χ0) is 15.7. The van der Waals surface area contributed by atoms with Gasteiger partial charge < -0.3 is 9.42 Å². The molecule has 7 nitrogen and oxygen atoms in total. The fraction of sp³-hybridized carbons (Fsp3) is 0.429. The van der Waals surface area contributed by atoms with Crippen LogP contribution < -0.4 is 5.32 Å². The first kappa shape index (κ1) is 14.7. The molecule has 3 rings (SSSR count). The number of aryl methyl sites for hydroxylation is 1. The molecule has 8 heteroatoms. The summed E-state index contributed by atoms with van der Waals surface area (Å²) in [5.74, 6) is 0.379. The fourth-order valence-electron chi connectivity index (χ4n) is 2.32. The molecule has 1 N–H and O–H groups in total. The second kappa shape index (κ2) is 5.88. The first-order valence-electron chi connectivity index (χ1n) is 7.08. The van der Waals surface area contributed by atoms with Crippen LogP contribution in [-0.2, 0) is 17.8 Å². The SMILES string of the molecule is CCC(=O)N1CCc2nc(NC(=O)c3cc(C)on3)sc2C1. The van der Waals surface area contributed by atoms with E-state index in [2.05, 4.69) is 15.5 Å². The average molecular weight is 320 g/mol. The zero-order valence-electron chi connectivity index (χ0n) is 12.4. The van der Waals surface area contributed by atoms with E-state index in [0.29, 0.717) is 30.4 Å². The number of aromatic nitrogens is 2. The third kappa shape index (κ3) is 2.87. The van der Waals surface area contributed by atoms with Crippen LogP contribution in [0.1, 0.15) is 40.2 Å². The molecular formula is C14H16N4O3S. The molecule has 1 aliphatic rings. The Labute approximate surface area is 131 Å². The van der Waals surface area contributed by atoms with Crippen LogP contribution in [0.15, 0.2) is 10.6 Å². The normalized spacial score (nSPS) is 13.8. The Hall–Kier alpha value is -2.22.